The van der Waals surface area contributed by atoms with E-state index in [9.17, 15) is 9.59 Å². The van der Waals surface area contributed by atoms with E-state index < -0.39 is 0 Å². The van der Waals surface area contributed by atoms with E-state index in [1.165, 1.54) is 12.8 Å². The Kier molecular flexibility index (Phi) is 6.09. The van der Waals surface area contributed by atoms with Crippen molar-refractivity contribution in [1.82, 2.24) is 15.1 Å². The van der Waals surface area contributed by atoms with Crippen LogP contribution in [-0.2, 0) is 9.59 Å². The molecule has 0 radical (unpaired) electrons. The fourth-order valence-corrected chi connectivity index (χ4v) is 4.14. The average Bonchev–Trinajstić information content (AvgIpc) is 3.15. The van der Waals surface area contributed by atoms with E-state index in [0.29, 0.717) is 25.0 Å². The van der Waals surface area contributed by atoms with Gasteiger partial charge in [0.2, 0.25) is 11.8 Å². The van der Waals surface area contributed by atoms with Gasteiger partial charge < -0.3 is 15.1 Å². The molecular formula is C16H28ClN3O2. The molecule has 3 aliphatic rings. The predicted molar refractivity (Wildman–Crippen MR) is 88.0 cm³/mol. The fraction of sp³-hybridized carbons (Fsp3) is 0.875. The lowest BCUT2D eigenvalue weighted by Crippen LogP contribution is -2.49. The van der Waals surface area contributed by atoms with Crippen LogP contribution < -0.4 is 5.32 Å². The second-order valence-electron chi connectivity index (χ2n) is 6.80. The molecule has 6 heteroatoms. The van der Waals surface area contributed by atoms with Gasteiger partial charge in [0, 0.05) is 38.1 Å². The molecule has 2 aliphatic heterocycles. The van der Waals surface area contributed by atoms with Crippen LogP contribution in [0.15, 0.2) is 0 Å². The molecule has 0 aromatic heterocycles. The van der Waals surface area contributed by atoms with Crippen molar-refractivity contribution < 1.29 is 9.59 Å². The molecule has 0 spiro atoms. The molecule has 2 unspecified atom stereocenters. The van der Waals surface area contributed by atoms with Gasteiger partial charge >= 0.3 is 0 Å². The van der Waals surface area contributed by atoms with Crippen LogP contribution in [0.1, 0.15) is 44.9 Å². The third kappa shape index (κ3) is 3.57. The molecule has 0 aromatic carbocycles. The Morgan fingerprint density at radius 3 is 2.55 bits per heavy atom. The molecule has 5 nitrogen and oxygen atoms in total. The highest BCUT2D eigenvalue weighted by molar-refractivity contribution is 5.89. The molecule has 1 N–H and O–H groups in total. The number of rotatable bonds is 3. The number of likely N-dealkylation sites (tertiary alicyclic amines) is 2. The van der Waals surface area contributed by atoms with E-state index in [1.807, 2.05) is 16.8 Å². The number of nitrogens with zero attached hydrogens (tertiary/aromatic N) is 2. The first kappa shape index (κ1) is 17.5. The third-order valence-electron chi connectivity index (χ3n) is 5.41. The monoisotopic (exact) mass is 329 g/mol. The Hall–Kier alpha value is -0.810. The number of carbonyl (C=O) groups excluding carboxylic acids is 2. The highest BCUT2D eigenvalue weighted by Crippen LogP contribution is 2.30. The minimum absolute atomic E-state index is 0. The number of likely N-dealkylation sites (N-methyl/N-ethyl adjacent to an activating group) is 1. The molecule has 0 aromatic rings. The summed E-state index contributed by atoms with van der Waals surface area (Å²) in [6, 6.07) is 0.812. The van der Waals surface area contributed by atoms with Crippen LogP contribution in [0.3, 0.4) is 0 Å². The van der Waals surface area contributed by atoms with Crippen molar-refractivity contribution in [3.05, 3.63) is 0 Å². The van der Waals surface area contributed by atoms with Crippen LogP contribution in [0.2, 0.25) is 0 Å². The van der Waals surface area contributed by atoms with Crippen LogP contribution >= 0.6 is 12.4 Å². The summed E-state index contributed by atoms with van der Waals surface area (Å²) in [7, 11) is 1.96. The molecule has 3 fully saturated rings. The van der Waals surface area contributed by atoms with Gasteiger partial charge in [0.1, 0.15) is 0 Å². The normalized spacial score (nSPS) is 29.8. The molecule has 1 aliphatic carbocycles. The lowest BCUT2D eigenvalue weighted by molar-refractivity contribution is -0.137. The minimum atomic E-state index is -0.103. The number of piperidine rings is 1. The molecule has 22 heavy (non-hydrogen) atoms. The van der Waals surface area contributed by atoms with Gasteiger partial charge in [0.05, 0.1) is 5.92 Å². The van der Waals surface area contributed by atoms with Gasteiger partial charge in [-0.15, -0.1) is 12.4 Å². The smallest absolute Gasteiger partial charge is 0.228 e. The highest BCUT2D eigenvalue weighted by Gasteiger charge is 2.40. The SMILES string of the molecule is CNC1CCCN(C(=O)C2CC(=O)N(C3CCCC3)C2)C1.Cl. The van der Waals surface area contributed by atoms with E-state index in [2.05, 4.69) is 5.32 Å². The summed E-state index contributed by atoms with van der Waals surface area (Å²) in [5.74, 6) is 0.292. The van der Waals surface area contributed by atoms with Gasteiger partial charge in [-0.3, -0.25) is 9.59 Å². The molecule has 3 rings (SSSR count). The zero-order chi connectivity index (χ0) is 14.8. The Morgan fingerprint density at radius 1 is 1.14 bits per heavy atom. The van der Waals surface area contributed by atoms with E-state index in [0.717, 1.165) is 38.8 Å². The summed E-state index contributed by atoms with van der Waals surface area (Å²) in [4.78, 5) is 28.9. The average molecular weight is 330 g/mol. The standard InChI is InChI=1S/C16H27N3O2.ClH/c1-17-13-5-4-8-18(11-13)16(21)12-9-15(20)19(10-12)14-6-2-3-7-14;/h12-14,17H,2-11H2,1H3;1H. The number of amides is 2. The summed E-state index contributed by atoms with van der Waals surface area (Å²) in [5, 5.41) is 3.27. The molecule has 0 bridgehead atoms. The molecule has 2 saturated heterocycles. The van der Waals surface area contributed by atoms with Crippen LogP contribution in [0.25, 0.3) is 0 Å². The number of hydrogen-bond donors (Lipinski definition) is 1. The molecule has 2 heterocycles. The number of halogens is 1. The van der Waals surface area contributed by atoms with E-state index in [-0.39, 0.29) is 30.1 Å². The Labute approximate surface area is 139 Å². The maximum absolute atomic E-state index is 12.7. The summed E-state index contributed by atoms with van der Waals surface area (Å²) in [6.07, 6.45) is 7.32. The van der Waals surface area contributed by atoms with Gasteiger partial charge in [-0.1, -0.05) is 12.8 Å². The predicted octanol–water partition coefficient (Wildman–Crippen LogP) is 1.41. The lowest BCUT2D eigenvalue weighted by Gasteiger charge is -2.34. The Balaban J connectivity index is 0.00000176. The third-order valence-corrected chi connectivity index (χ3v) is 5.41. The van der Waals surface area contributed by atoms with Crippen LogP contribution in [0.5, 0.6) is 0 Å². The van der Waals surface area contributed by atoms with Gasteiger partial charge in [-0.05, 0) is 32.7 Å². The second-order valence-corrected chi connectivity index (χ2v) is 6.80. The first-order valence-corrected chi connectivity index (χ1v) is 8.44. The zero-order valence-electron chi connectivity index (χ0n) is 13.4. The van der Waals surface area contributed by atoms with Crippen molar-refractivity contribution in [2.24, 2.45) is 5.92 Å². The van der Waals surface area contributed by atoms with Gasteiger partial charge in [-0.2, -0.15) is 0 Å². The topological polar surface area (TPSA) is 52.7 Å². The number of hydrogen-bond acceptors (Lipinski definition) is 3. The van der Waals surface area contributed by atoms with Crippen molar-refractivity contribution in [3.63, 3.8) is 0 Å². The number of carbonyl (C=O) groups is 2. The molecule has 2 amide bonds. The maximum atomic E-state index is 12.7. The van der Waals surface area contributed by atoms with Gasteiger partial charge in [-0.25, -0.2) is 0 Å². The van der Waals surface area contributed by atoms with Crippen molar-refractivity contribution in [2.45, 2.75) is 57.0 Å². The summed E-state index contributed by atoms with van der Waals surface area (Å²) in [6.45, 7) is 2.30. The highest BCUT2D eigenvalue weighted by atomic mass is 35.5. The quantitative estimate of drug-likeness (QED) is 0.851. The van der Waals surface area contributed by atoms with Gasteiger partial charge in [0.25, 0.3) is 0 Å². The summed E-state index contributed by atoms with van der Waals surface area (Å²) < 4.78 is 0. The molecule has 1 saturated carbocycles. The zero-order valence-corrected chi connectivity index (χ0v) is 14.2. The first-order chi connectivity index (χ1) is 10.2. The van der Waals surface area contributed by atoms with Gasteiger partial charge in [0.15, 0.2) is 0 Å². The van der Waals surface area contributed by atoms with Crippen molar-refractivity contribution in [3.8, 4) is 0 Å². The summed E-state index contributed by atoms with van der Waals surface area (Å²) in [5.41, 5.74) is 0. The maximum Gasteiger partial charge on any atom is 0.228 e. The second kappa shape index (κ2) is 7.64. The molecule has 2 atom stereocenters. The lowest BCUT2D eigenvalue weighted by atomic mass is 10.0. The largest absolute Gasteiger partial charge is 0.341 e. The van der Waals surface area contributed by atoms with E-state index in [4.69, 9.17) is 0 Å². The Morgan fingerprint density at radius 2 is 1.86 bits per heavy atom. The van der Waals surface area contributed by atoms with E-state index in [1.54, 1.807) is 0 Å². The molecular weight excluding hydrogens is 302 g/mol. The Bertz CT molecular complexity index is 412. The number of nitrogens with one attached hydrogen (secondary N) is 1. The minimum Gasteiger partial charge on any atom is -0.341 e. The summed E-state index contributed by atoms with van der Waals surface area (Å²) >= 11 is 0. The van der Waals surface area contributed by atoms with Crippen LogP contribution in [0.4, 0.5) is 0 Å². The molecule has 126 valence electrons. The van der Waals surface area contributed by atoms with Crippen LogP contribution in [-0.4, -0.2) is 60.4 Å². The first-order valence-electron chi connectivity index (χ1n) is 8.44. The van der Waals surface area contributed by atoms with E-state index >= 15 is 0 Å². The van der Waals surface area contributed by atoms with Crippen molar-refractivity contribution in [1.29, 1.82) is 0 Å². The van der Waals surface area contributed by atoms with Crippen LogP contribution in [0, 0.1) is 5.92 Å². The van der Waals surface area contributed by atoms with Crippen molar-refractivity contribution in [2.75, 3.05) is 26.7 Å². The van der Waals surface area contributed by atoms with Crippen molar-refractivity contribution >= 4 is 24.2 Å². The fourth-order valence-electron chi connectivity index (χ4n) is 4.14.